The van der Waals surface area contributed by atoms with Crippen LogP contribution in [-0.4, -0.2) is 32.8 Å². The van der Waals surface area contributed by atoms with Gasteiger partial charge in [0.15, 0.2) is 0 Å². The molecule has 2 aromatic carbocycles. The van der Waals surface area contributed by atoms with Gasteiger partial charge in [0, 0.05) is 29.3 Å². The standard InChI is InChI=1S/C20H17N5O3/c1-27-18(26)12-14-2-6-16(7-3-14)22-20-24-23-19(28-20)15-4-8-17(9-5-15)25-11-10-21-13-25/h2-11,13H,12H2,1H3,(H,22,24). The number of carbonyl (C=O) groups is 1. The number of nitrogens with one attached hydrogen (secondary N) is 1. The maximum Gasteiger partial charge on any atom is 0.320 e. The van der Waals surface area contributed by atoms with Crippen LogP contribution < -0.4 is 5.32 Å². The van der Waals surface area contributed by atoms with Crippen LogP contribution in [-0.2, 0) is 16.0 Å². The van der Waals surface area contributed by atoms with E-state index in [0.717, 1.165) is 22.5 Å². The second-order valence-electron chi connectivity index (χ2n) is 6.00. The number of ether oxygens (including phenoxy) is 1. The van der Waals surface area contributed by atoms with Crippen molar-refractivity contribution in [3.63, 3.8) is 0 Å². The van der Waals surface area contributed by atoms with Crippen molar-refractivity contribution in [3.05, 3.63) is 72.8 Å². The normalized spacial score (nSPS) is 10.6. The van der Waals surface area contributed by atoms with Crippen LogP contribution in [0.15, 0.2) is 71.7 Å². The van der Waals surface area contributed by atoms with Gasteiger partial charge in [0.2, 0.25) is 5.89 Å². The van der Waals surface area contributed by atoms with E-state index >= 15 is 0 Å². The van der Waals surface area contributed by atoms with Gasteiger partial charge in [0.1, 0.15) is 0 Å². The van der Waals surface area contributed by atoms with Crippen molar-refractivity contribution < 1.29 is 13.9 Å². The van der Waals surface area contributed by atoms with E-state index in [-0.39, 0.29) is 18.4 Å². The molecule has 0 aliphatic carbocycles. The second kappa shape index (κ2) is 7.75. The molecular weight excluding hydrogens is 358 g/mol. The van der Waals surface area contributed by atoms with E-state index in [0.29, 0.717) is 5.89 Å². The minimum absolute atomic E-state index is 0.233. The van der Waals surface area contributed by atoms with Crippen molar-refractivity contribution in [2.75, 3.05) is 12.4 Å². The topological polar surface area (TPSA) is 95.1 Å². The molecule has 0 unspecified atom stereocenters. The van der Waals surface area contributed by atoms with Gasteiger partial charge in [-0.05, 0) is 42.0 Å². The number of hydrogen-bond acceptors (Lipinski definition) is 7. The predicted octanol–water partition coefficient (Wildman–Crippen LogP) is 3.38. The van der Waals surface area contributed by atoms with E-state index in [4.69, 9.17) is 4.42 Å². The van der Waals surface area contributed by atoms with Crippen LogP contribution in [0.4, 0.5) is 11.7 Å². The monoisotopic (exact) mass is 375 g/mol. The summed E-state index contributed by atoms with van der Waals surface area (Å²) in [6.45, 7) is 0. The van der Waals surface area contributed by atoms with E-state index in [9.17, 15) is 4.79 Å². The number of hydrogen-bond donors (Lipinski definition) is 1. The number of anilines is 2. The lowest BCUT2D eigenvalue weighted by Gasteiger charge is -2.04. The number of benzene rings is 2. The third-order valence-corrected chi connectivity index (χ3v) is 4.12. The highest BCUT2D eigenvalue weighted by atomic mass is 16.5. The summed E-state index contributed by atoms with van der Waals surface area (Å²) >= 11 is 0. The molecule has 0 saturated heterocycles. The minimum Gasteiger partial charge on any atom is -0.469 e. The summed E-state index contributed by atoms with van der Waals surface area (Å²) in [5, 5.41) is 11.2. The van der Waals surface area contributed by atoms with Crippen LogP contribution in [0.3, 0.4) is 0 Å². The Morgan fingerprint density at radius 1 is 1.11 bits per heavy atom. The molecule has 0 atom stereocenters. The third-order valence-electron chi connectivity index (χ3n) is 4.12. The first-order chi connectivity index (χ1) is 13.7. The first-order valence-corrected chi connectivity index (χ1v) is 8.56. The Labute approximate surface area is 160 Å². The Morgan fingerprint density at radius 2 is 1.89 bits per heavy atom. The highest BCUT2D eigenvalue weighted by Gasteiger charge is 2.09. The molecule has 1 N–H and O–H groups in total. The molecule has 2 aromatic heterocycles. The van der Waals surface area contributed by atoms with Crippen LogP contribution in [0.25, 0.3) is 17.1 Å². The zero-order valence-electron chi connectivity index (χ0n) is 15.1. The van der Waals surface area contributed by atoms with Crippen molar-refractivity contribution in [1.82, 2.24) is 19.7 Å². The number of nitrogens with zero attached hydrogens (tertiary/aromatic N) is 4. The van der Waals surface area contributed by atoms with Gasteiger partial charge in [-0.15, -0.1) is 5.10 Å². The smallest absolute Gasteiger partial charge is 0.320 e. The quantitative estimate of drug-likeness (QED) is 0.516. The molecule has 28 heavy (non-hydrogen) atoms. The molecule has 4 aromatic rings. The summed E-state index contributed by atoms with van der Waals surface area (Å²) in [5.41, 5.74) is 3.45. The van der Waals surface area contributed by atoms with Crippen LogP contribution >= 0.6 is 0 Å². The van der Waals surface area contributed by atoms with Crippen LogP contribution in [0.1, 0.15) is 5.56 Å². The van der Waals surface area contributed by atoms with E-state index in [1.165, 1.54) is 7.11 Å². The SMILES string of the molecule is COC(=O)Cc1ccc(Nc2nnc(-c3ccc(-n4ccnc4)cc3)o2)cc1. The summed E-state index contributed by atoms with van der Waals surface area (Å²) < 4.78 is 12.3. The van der Waals surface area contributed by atoms with Crippen molar-refractivity contribution >= 4 is 17.7 Å². The first-order valence-electron chi connectivity index (χ1n) is 8.56. The summed E-state index contributed by atoms with van der Waals surface area (Å²) in [4.78, 5) is 15.3. The Bertz CT molecular complexity index is 1050. The molecular formula is C20H17N5O3. The highest BCUT2D eigenvalue weighted by Crippen LogP contribution is 2.23. The zero-order valence-corrected chi connectivity index (χ0v) is 15.1. The van der Waals surface area contributed by atoms with Gasteiger partial charge in [0.25, 0.3) is 0 Å². The zero-order chi connectivity index (χ0) is 19.3. The molecule has 0 radical (unpaired) electrons. The van der Waals surface area contributed by atoms with Crippen molar-refractivity contribution in [1.29, 1.82) is 0 Å². The maximum atomic E-state index is 11.3. The third kappa shape index (κ3) is 3.90. The van der Waals surface area contributed by atoms with Crippen molar-refractivity contribution in [3.8, 4) is 17.1 Å². The Balaban J connectivity index is 1.43. The van der Waals surface area contributed by atoms with Gasteiger partial charge >= 0.3 is 12.0 Å². The molecule has 140 valence electrons. The fraction of sp³-hybridized carbons (Fsp3) is 0.100. The number of carbonyl (C=O) groups excluding carboxylic acids is 1. The molecule has 0 bridgehead atoms. The Morgan fingerprint density at radius 3 is 2.57 bits per heavy atom. The van der Waals surface area contributed by atoms with Crippen molar-refractivity contribution in [2.45, 2.75) is 6.42 Å². The van der Waals surface area contributed by atoms with E-state index in [2.05, 4.69) is 25.2 Å². The molecule has 8 heteroatoms. The van der Waals surface area contributed by atoms with Gasteiger partial charge < -0.3 is 19.0 Å². The van der Waals surface area contributed by atoms with Gasteiger partial charge in [-0.25, -0.2) is 4.98 Å². The molecule has 0 saturated carbocycles. The maximum absolute atomic E-state index is 11.3. The Kier molecular flexibility index (Phi) is 4.83. The Hall–Kier alpha value is -3.94. The average molecular weight is 375 g/mol. The van der Waals surface area contributed by atoms with Crippen LogP contribution in [0.2, 0.25) is 0 Å². The fourth-order valence-corrected chi connectivity index (χ4v) is 2.65. The summed E-state index contributed by atoms with van der Waals surface area (Å²) in [6.07, 6.45) is 5.57. The summed E-state index contributed by atoms with van der Waals surface area (Å²) in [5.74, 6) is 0.142. The summed E-state index contributed by atoms with van der Waals surface area (Å²) in [6, 6.07) is 15.4. The first kappa shape index (κ1) is 17.5. The number of aromatic nitrogens is 4. The molecule has 8 nitrogen and oxygen atoms in total. The van der Waals surface area contributed by atoms with Crippen LogP contribution in [0.5, 0.6) is 0 Å². The highest BCUT2D eigenvalue weighted by molar-refractivity contribution is 5.72. The van der Waals surface area contributed by atoms with Gasteiger partial charge in [-0.2, -0.15) is 0 Å². The van der Waals surface area contributed by atoms with E-state index < -0.39 is 0 Å². The minimum atomic E-state index is -0.277. The fourth-order valence-electron chi connectivity index (χ4n) is 2.65. The molecule has 4 rings (SSSR count). The number of methoxy groups -OCH3 is 1. The molecule has 0 fully saturated rings. The second-order valence-corrected chi connectivity index (χ2v) is 6.00. The molecule has 0 amide bonds. The predicted molar refractivity (Wildman–Crippen MR) is 102 cm³/mol. The van der Waals surface area contributed by atoms with Crippen LogP contribution in [0, 0.1) is 0 Å². The van der Waals surface area contributed by atoms with Crippen molar-refractivity contribution in [2.24, 2.45) is 0 Å². The van der Waals surface area contributed by atoms with Gasteiger partial charge in [0.05, 0.1) is 19.9 Å². The van der Waals surface area contributed by atoms with Gasteiger partial charge in [-0.1, -0.05) is 17.2 Å². The average Bonchev–Trinajstić information content (AvgIpc) is 3.42. The lowest BCUT2D eigenvalue weighted by molar-refractivity contribution is -0.139. The molecule has 2 heterocycles. The lowest BCUT2D eigenvalue weighted by atomic mass is 10.1. The van der Waals surface area contributed by atoms with Gasteiger partial charge in [-0.3, -0.25) is 4.79 Å². The van der Waals surface area contributed by atoms with E-state index in [1.54, 1.807) is 12.5 Å². The summed E-state index contributed by atoms with van der Waals surface area (Å²) in [7, 11) is 1.37. The molecule has 0 aliphatic rings. The molecule has 0 spiro atoms. The number of rotatable bonds is 6. The number of imidazole rings is 1. The number of esters is 1. The largest absolute Gasteiger partial charge is 0.469 e. The molecule has 0 aliphatic heterocycles. The lowest BCUT2D eigenvalue weighted by Crippen LogP contribution is -2.04. The van der Waals surface area contributed by atoms with E-state index in [1.807, 2.05) is 59.3 Å².